The Morgan fingerprint density at radius 2 is 1.66 bits per heavy atom. The van der Waals surface area contributed by atoms with E-state index < -0.39 is 10.0 Å². The lowest BCUT2D eigenvalue weighted by atomic mass is 10.2. The Morgan fingerprint density at radius 3 is 2.28 bits per heavy atom. The molecule has 4 rings (SSSR count). The fraction of sp³-hybridized carbons (Fsp3) is 0.391. The Morgan fingerprint density at radius 1 is 0.969 bits per heavy atom. The van der Waals surface area contributed by atoms with Crippen molar-refractivity contribution >= 4 is 33.3 Å². The summed E-state index contributed by atoms with van der Waals surface area (Å²) in [5.41, 5.74) is 3.13. The van der Waals surface area contributed by atoms with Gasteiger partial charge in [0.1, 0.15) is 0 Å². The van der Waals surface area contributed by atoms with Gasteiger partial charge in [-0.3, -0.25) is 4.79 Å². The van der Waals surface area contributed by atoms with Gasteiger partial charge in [0.15, 0.2) is 0 Å². The van der Waals surface area contributed by atoms with Gasteiger partial charge >= 0.3 is 5.97 Å². The highest BCUT2D eigenvalue weighted by Gasteiger charge is 2.31. The highest BCUT2D eigenvalue weighted by Crippen LogP contribution is 2.31. The number of anilines is 2. The third kappa shape index (κ3) is 4.22. The number of nitrogens with zero attached hydrogens (tertiary/aromatic N) is 3. The molecule has 0 bridgehead atoms. The van der Waals surface area contributed by atoms with Gasteiger partial charge < -0.3 is 14.5 Å². The van der Waals surface area contributed by atoms with E-state index in [4.69, 9.17) is 4.74 Å². The molecule has 0 radical (unpaired) electrons. The Labute approximate surface area is 188 Å². The van der Waals surface area contributed by atoms with Crippen molar-refractivity contribution in [2.24, 2.45) is 0 Å². The van der Waals surface area contributed by atoms with Crippen LogP contribution in [0.4, 0.5) is 11.4 Å². The summed E-state index contributed by atoms with van der Waals surface area (Å²) in [6.07, 6.45) is 0.661. The minimum atomic E-state index is -3.61. The fourth-order valence-electron chi connectivity index (χ4n) is 4.22. The number of piperazine rings is 1. The normalized spacial score (nSPS) is 16.7. The van der Waals surface area contributed by atoms with E-state index in [-0.39, 0.29) is 16.8 Å². The maximum Gasteiger partial charge on any atom is 0.338 e. The highest BCUT2D eigenvalue weighted by molar-refractivity contribution is 7.89. The quantitative estimate of drug-likeness (QED) is 0.641. The molecule has 1 saturated heterocycles. The zero-order valence-corrected chi connectivity index (χ0v) is 19.1. The molecule has 32 heavy (non-hydrogen) atoms. The molecular weight excluding hydrogens is 430 g/mol. The maximum absolute atomic E-state index is 13.2. The van der Waals surface area contributed by atoms with Crippen LogP contribution in [0.2, 0.25) is 0 Å². The first-order chi connectivity index (χ1) is 15.3. The van der Waals surface area contributed by atoms with E-state index in [2.05, 4.69) is 4.90 Å². The van der Waals surface area contributed by atoms with E-state index in [0.29, 0.717) is 51.3 Å². The molecule has 0 unspecified atom stereocenters. The Kier molecular flexibility index (Phi) is 6.21. The zero-order chi connectivity index (χ0) is 22.9. The van der Waals surface area contributed by atoms with Crippen LogP contribution < -0.4 is 9.80 Å². The van der Waals surface area contributed by atoms with Crippen LogP contribution in [0.15, 0.2) is 47.4 Å². The van der Waals surface area contributed by atoms with Crippen LogP contribution in [0.3, 0.4) is 0 Å². The fourth-order valence-corrected chi connectivity index (χ4v) is 5.70. The highest BCUT2D eigenvalue weighted by atomic mass is 32.2. The average molecular weight is 458 g/mol. The van der Waals surface area contributed by atoms with Gasteiger partial charge in [-0.15, -0.1) is 0 Å². The number of benzene rings is 2. The minimum absolute atomic E-state index is 0.0363. The molecule has 1 amide bonds. The molecule has 0 saturated carbocycles. The lowest BCUT2D eigenvalue weighted by molar-refractivity contribution is -0.116. The van der Waals surface area contributed by atoms with E-state index >= 15 is 0 Å². The second kappa shape index (κ2) is 8.91. The number of carbonyl (C=O) groups excluding carboxylic acids is 2. The first kappa shape index (κ1) is 22.3. The molecule has 0 spiro atoms. The van der Waals surface area contributed by atoms with Crippen molar-refractivity contribution in [1.82, 2.24) is 4.31 Å². The predicted molar refractivity (Wildman–Crippen MR) is 122 cm³/mol. The Balaban J connectivity index is 1.43. The van der Waals surface area contributed by atoms with Crippen molar-refractivity contribution in [2.75, 3.05) is 49.1 Å². The molecule has 2 aliphatic rings. The predicted octanol–water partition coefficient (Wildman–Crippen LogP) is 2.28. The third-order valence-electron chi connectivity index (χ3n) is 5.95. The van der Waals surface area contributed by atoms with Crippen molar-refractivity contribution < 1.29 is 22.7 Å². The number of carbonyl (C=O) groups is 2. The number of sulfonamides is 1. The first-order valence-electron chi connectivity index (χ1n) is 10.7. The van der Waals surface area contributed by atoms with Gasteiger partial charge in [-0.25, -0.2) is 13.2 Å². The molecule has 2 aromatic carbocycles. The van der Waals surface area contributed by atoms with Crippen LogP contribution in [-0.2, 0) is 26.0 Å². The summed E-state index contributed by atoms with van der Waals surface area (Å²) in [6, 6.07) is 12.2. The second-order valence-electron chi connectivity index (χ2n) is 7.87. The molecule has 0 N–H and O–H groups in total. The summed E-state index contributed by atoms with van der Waals surface area (Å²) in [4.78, 5) is 27.6. The first-order valence-corrected chi connectivity index (χ1v) is 12.2. The molecular formula is C23H27N3O5S. The number of rotatable bonds is 5. The number of esters is 1. The Bertz CT molecular complexity index is 1120. The van der Waals surface area contributed by atoms with Crippen LogP contribution in [0.1, 0.15) is 29.8 Å². The van der Waals surface area contributed by atoms with Gasteiger partial charge in [0.2, 0.25) is 15.9 Å². The van der Waals surface area contributed by atoms with Crippen molar-refractivity contribution in [1.29, 1.82) is 0 Å². The molecule has 170 valence electrons. The third-order valence-corrected chi connectivity index (χ3v) is 7.84. The number of hydrogen-bond acceptors (Lipinski definition) is 6. The molecule has 1 fully saturated rings. The summed E-state index contributed by atoms with van der Waals surface area (Å²) >= 11 is 0. The molecule has 8 nitrogen and oxygen atoms in total. The van der Waals surface area contributed by atoms with Gasteiger partial charge in [0, 0.05) is 51.0 Å². The molecule has 2 heterocycles. The molecule has 0 aromatic heterocycles. The van der Waals surface area contributed by atoms with Crippen molar-refractivity contribution in [3.05, 3.63) is 53.6 Å². The largest absolute Gasteiger partial charge is 0.462 e. The zero-order valence-electron chi connectivity index (χ0n) is 18.3. The SMILES string of the molecule is CCOC(=O)c1ccc(N2CCN(S(=O)(=O)c3ccc4c(c3)CCN4C(C)=O)CC2)cc1. The van der Waals surface area contributed by atoms with Crippen LogP contribution in [-0.4, -0.2) is 63.9 Å². The molecule has 2 aliphatic heterocycles. The molecule has 0 atom stereocenters. The second-order valence-corrected chi connectivity index (χ2v) is 9.81. The molecule has 2 aromatic rings. The minimum Gasteiger partial charge on any atom is -0.462 e. The van der Waals surface area contributed by atoms with E-state index in [1.54, 1.807) is 42.2 Å². The van der Waals surface area contributed by atoms with Gasteiger partial charge in [0.25, 0.3) is 0 Å². The van der Waals surface area contributed by atoms with Crippen LogP contribution in [0.5, 0.6) is 0 Å². The average Bonchev–Trinajstić information content (AvgIpc) is 3.23. The number of fused-ring (bicyclic) bond motifs is 1. The molecule has 9 heteroatoms. The van der Waals surface area contributed by atoms with Crippen molar-refractivity contribution in [3.8, 4) is 0 Å². The van der Waals surface area contributed by atoms with Crippen molar-refractivity contribution in [2.45, 2.75) is 25.2 Å². The van der Waals surface area contributed by atoms with Gasteiger partial charge in [-0.2, -0.15) is 4.31 Å². The van der Waals surface area contributed by atoms with E-state index in [1.807, 2.05) is 12.1 Å². The Hall–Kier alpha value is -2.91. The van der Waals surface area contributed by atoms with E-state index in [9.17, 15) is 18.0 Å². The summed E-state index contributed by atoms with van der Waals surface area (Å²) in [5.74, 6) is -0.388. The van der Waals surface area contributed by atoms with E-state index in [1.165, 1.54) is 11.2 Å². The van der Waals surface area contributed by atoms with Gasteiger partial charge in [-0.1, -0.05) is 0 Å². The summed E-state index contributed by atoms with van der Waals surface area (Å²) in [7, 11) is -3.61. The van der Waals surface area contributed by atoms with Gasteiger partial charge in [0.05, 0.1) is 17.1 Å². The van der Waals surface area contributed by atoms with Crippen LogP contribution in [0, 0.1) is 0 Å². The number of amides is 1. The van der Waals surface area contributed by atoms with Crippen molar-refractivity contribution in [3.63, 3.8) is 0 Å². The lowest BCUT2D eigenvalue weighted by Gasteiger charge is -2.35. The number of ether oxygens (including phenoxy) is 1. The van der Waals surface area contributed by atoms with Gasteiger partial charge in [-0.05, 0) is 61.4 Å². The van der Waals surface area contributed by atoms with E-state index in [0.717, 1.165) is 16.9 Å². The summed E-state index contributed by atoms with van der Waals surface area (Å²) < 4.78 is 32.9. The van der Waals surface area contributed by atoms with Crippen LogP contribution >= 0.6 is 0 Å². The standard InChI is InChI=1S/C23H27N3O5S/c1-3-31-23(28)18-4-6-20(7-5-18)24-12-14-25(15-13-24)32(29,30)21-8-9-22-19(16-21)10-11-26(22)17(2)27/h4-9,16H,3,10-15H2,1-2H3. The topological polar surface area (TPSA) is 87.2 Å². The summed E-state index contributed by atoms with van der Waals surface area (Å²) in [5, 5.41) is 0. The maximum atomic E-state index is 13.2. The lowest BCUT2D eigenvalue weighted by Crippen LogP contribution is -2.48. The summed E-state index contributed by atoms with van der Waals surface area (Å²) in [6.45, 7) is 6.06. The van der Waals surface area contributed by atoms with Crippen LogP contribution in [0.25, 0.3) is 0 Å². The molecule has 0 aliphatic carbocycles. The number of hydrogen-bond donors (Lipinski definition) is 0. The smallest absolute Gasteiger partial charge is 0.338 e. The monoisotopic (exact) mass is 457 g/mol.